The summed E-state index contributed by atoms with van der Waals surface area (Å²) in [5.74, 6) is -3.69. The second-order valence-corrected chi connectivity index (χ2v) is 15.6. The first kappa shape index (κ1) is 34.3. The summed E-state index contributed by atoms with van der Waals surface area (Å²) in [7, 11) is 0. The number of benzene rings is 1. The summed E-state index contributed by atoms with van der Waals surface area (Å²) in [5, 5.41) is 13.1. The van der Waals surface area contributed by atoms with Gasteiger partial charge in [-0.3, -0.25) is 19.2 Å². The van der Waals surface area contributed by atoms with Crippen LogP contribution >= 0.6 is 15.9 Å². The number of hydrogen-bond donors (Lipinski definition) is 2. The zero-order valence-electron chi connectivity index (χ0n) is 27.5. The molecule has 1 spiro atoms. The Hall–Kier alpha value is -3.02. The molecule has 0 unspecified atom stereocenters. The highest BCUT2D eigenvalue weighted by Gasteiger charge is 2.75. The van der Waals surface area contributed by atoms with Gasteiger partial charge < -0.3 is 29.7 Å². The molecule has 250 valence electrons. The predicted octanol–water partition coefficient (Wildman–Crippen LogP) is 4.03. The van der Waals surface area contributed by atoms with E-state index in [1.165, 1.54) is 4.90 Å². The fourth-order valence-corrected chi connectivity index (χ4v) is 8.75. The van der Waals surface area contributed by atoms with E-state index in [1.807, 2.05) is 56.3 Å². The molecule has 7 atom stereocenters. The maximum Gasteiger partial charge on any atom is 0.313 e. The van der Waals surface area contributed by atoms with Gasteiger partial charge in [-0.1, -0.05) is 79.2 Å². The van der Waals surface area contributed by atoms with Crippen LogP contribution in [0.4, 0.5) is 0 Å². The molecule has 1 aromatic rings. The maximum atomic E-state index is 14.9. The Morgan fingerprint density at radius 3 is 2.37 bits per heavy atom. The summed E-state index contributed by atoms with van der Waals surface area (Å²) in [4.78, 5) is 59.6. The molecule has 5 rings (SSSR count). The quantitative estimate of drug-likeness (QED) is 0.351. The van der Waals surface area contributed by atoms with E-state index in [9.17, 15) is 24.3 Å². The van der Waals surface area contributed by atoms with Crippen LogP contribution in [0.15, 0.2) is 53.0 Å². The molecule has 0 aromatic heterocycles. The Morgan fingerprint density at radius 2 is 1.72 bits per heavy atom. The Bertz CT molecular complexity index is 1420. The van der Waals surface area contributed by atoms with Crippen molar-refractivity contribution in [3.05, 3.63) is 58.6 Å². The lowest BCUT2D eigenvalue weighted by Crippen LogP contribution is -2.61. The number of aliphatic hydroxyl groups excluding tert-OH is 1. The summed E-state index contributed by atoms with van der Waals surface area (Å²) in [6.07, 6.45) is 5.21. The number of nitrogens with one attached hydrogen (secondary N) is 1. The minimum atomic E-state index is -1.44. The van der Waals surface area contributed by atoms with E-state index in [4.69, 9.17) is 9.47 Å². The first-order valence-electron chi connectivity index (χ1n) is 16.1. The number of esters is 1. The third-order valence-electron chi connectivity index (χ3n) is 9.44. The molecule has 3 amide bonds. The van der Waals surface area contributed by atoms with Crippen LogP contribution < -0.4 is 5.32 Å². The monoisotopic (exact) mass is 699 g/mol. The van der Waals surface area contributed by atoms with E-state index >= 15 is 0 Å². The van der Waals surface area contributed by atoms with Gasteiger partial charge in [-0.05, 0) is 50.7 Å². The molecular weight excluding hydrogens is 654 g/mol. The van der Waals surface area contributed by atoms with Gasteiger partial charge in [-0.15, -0.1) is 0 Å². The number of rotatable bonds is 5. The van der Waals surface area contributed by atoms with Gasteiger partial charge >= 0.3 is 5.97 Å². The van der Waals surface area contributed by atoms with Gasteiger partial charge in [-0.25, -0.2) is 0 Å². The number of amides is 3. The number of hydrogen-bond acceptors (Lipinski definition) is 7. The molecule has 1 aromatic carbocycles. The number of likely N-dealkylation sites (tertiary alicyclic amines) is 1. The number of ether oxygens (including phenoxy) is 2. The van der Waals surface area contributed by atoms with E-state index < -0.39 is 59.1 Å². The molecule has 46 heavy (non-hydrogen) atoms. The normalized spacial score (nSPS) is 33.1. The van der Waals surface area contributed by atoms with E-state index in [1.54, 1.807) is 17.9 Å². The van der Waals surface area contributed by atoms with Crippen molar-refractivity contribution in [3.63, 3.8) is 0 Å². The highest BCUT2D eigenvalue weighted by molar-refractivity contribution is 9.11. The van der Waals surface area contributed by atoms with Gasteiger partial charge in [0.1, 0.15) is 29.8 Å². The fourth-order valence-electron chi connectivity index (χ4n) is 8.01. The molecule has 2 fully saturated rings. The highest BCUT2D eigenvalue weighted by atomic mass is 79.9. The van der Waals surface area contributed by atoms with Crippen molar-refractivity contribution in [2.75, 3.05) is 19.7 Å². The van der Waals surface area contributed by atoms with Gasteiger partial charge in [0.05, 0.1) is 18.6 Å². The molecule has 4 aliphatic heterocycles. The minimum absolute atomic E-state index is 0.0895. The largest absolute Gasteiger partial charge is 0.455 e. The lowest BCUT2D eigenvalue weighted by Gasteiger charge is -2.45. The topological polar surface area (TPSA) is 125 Å². The van der Waals surface area contributed by atoms with E-state index in [2.05, 4.69) is 42.0 Å². The SMILES string of the molecule is C[C@@H]1NC(=O)CC/C=C\CN(C(C)(C)CC(C)(C)C)C(=O)[C@H]2N(CCO)C(=O)[C@@H]3[C@@H](C(=O)O[C@H]1c1ccccc1)[C@@H]1O[C@@]32C=C1Br. The van der Waals surface area contributed by atoms with Crippen molar-refractivity contribution < 1.29 is 33.8 Å². The fraction of sp³-hybridized carbons (Fsp3) is 0.600. The van der Waals surface area contributed by atoms with Crippen molar-refractivity contribution in [2.45, 2.75) is 96.2 Å². The van der Waals surface area contributed by atoms with Crippen LogP contribution in [0.5, 0.6) is 0 Å². The van der Waals surface area contributed by atoms with Crippen molar-refractivity contribution in [2.24, 2.45) is 17.3 Å². The second kappa shape index (κ2) is 12.9. The number of halogens is 1. The summed E-state index contributed by atoms with van der Waals surface area (Å²) < 4.78 is 13.3. The van der Waals surface area contributed by atoms with Crippen LogP contribution in [0.1, 0.15) is 72.5 Å². The molecule has 4 aliphatic rings. The van der Waals surface area contributed by atoms with Crippen LogP contribution in [0.2, 0.25) is 0 Å². The lowest BCUT2D eigenvalue weighted by molar-refractivity contribution is -0.161. The maximum absolute atomic E-state index is 14.9. The van der Waals surface area contributed by atoms with Crippen molar-refractivity contribution in [1.82, 2.24) is 15.1 Å². The van der Waals surface area contributed by atoms with Gasteiger partial charge in [0, 0.05) is 29.5 Å². The Kier molecular flexibility index (Phi) is 9.61. The van der Waals surface area contributed by atoms with Crippen LogP contribution in [-0.2, 0) is 28.7 Å². The van der Waals surface area contributed by atoms with Crippen molar-refractivity contribution in [3.8, 4) is 0 Å². The average Bonchev–Trinajstić information content (AvgIpc) is 3.55. The van der Waals surface area contributed by atoms with Crippen molar-refractivity contribution >= 4 is 39.6 Å². The summed E-state index contributed by atoms with van der Waals surface area (Å²) in [6, 6.07) is 7.49. The second-order valence-electron chi connectivity index (χ2n) is 14.7. The van der Waals surface area contributed by atoms with E-state index in [-0.39, 0.29) is 43.3 Å². The molecule has 2 saturated heterocycles. The number of nitrogens with zero attached hydrogens (tertiary/aromatic N) is 2. The van der Waals surface area contributed by atoms with E-state index in [0.29, 0.717) is 22.9 Å². The van der Waals surface area contributed by atoms with Crippen LogP contribution in [0.25, 0.3) is 0 Å². The van der Waals surface area contributed by atoms with Gasteiger partial charge in [0.25, 0.3) is 0 Å². The molecule has 10 nitrogen and oxygen atoms in total. The Morgan fingerprint density at radius 1 is 1.02 bits per heavy atom. The Balaban J connectivity index is 1.63. The average molecular weight is 701 g/mol. The number of cyclic esters (lactones) is 1. The zero-order chi connectivity index (χ0) is 33.6. The molecule has 4 heterocycles. The van der Waals surface area contributed by atoms with Crippen LogP contribution in [0, 0.1) is 17.3 Å². The Labute approximate surface area is 279 Å². The molecule has 2 N–H and O–H groups in total. The number of carbonyl (C=O) groups is 4. The van der Waals surface area contributed by atoms with Gasteiger partial charge in [-0.2, -0.15) is 0 Å². The predicted molar refractivity (Wildman–Crippen MR) is 175 cm³/mol. The smallest absolute Gasteiger partial charge is 0.313 e. The lowest BCUT2D eigenvalue weighted by atomic mass is 9.74. The molecule has 0 saturated carbocycles. The van der Waals surface area contributed by atoms with Crippen LogP contribution in [0.3, 0.4) is 0 Å². The number of β-amino-alcohol motifs (C(OH)–C–C–N with tert-alkyl or cyclic N) is 1. The van der Waals surface area contributed by atoms with E-state index in [0.717, 1.165) is 0 Å². The number of aliphatic hydroxyl groups is 1. The third kappa shape index (κ3) is 6.30. The highest BCUT2D eigenvalue weighted by Crippen LogP contribution is 2.59. The van der Waals surface area contributed by atoms with Crippen molar-refractivity contribution in [1.29, 1.82) is 0 Å². The van der Waals surface area contributed by atoms with Crippen LogP contribution in [-0.4, -0.2) is 87.6 Å². The molecular formula is C35H46BrN3O7. The first-order valence-corrected chi connectivity index (χ1v) is 16.9. The zero-order valence-corrected chi connectivity index (χ0v) is 29.1. The summed E-state index contributed by atoms with van der Waals surface area (Å²) >= 11 is 3.59. The van der Waals surface area contributed by atoms with Gasteiger partial charge in [0.2, 0.25) is 17.7 Å². The standard InChI is InChI=1S/C35H46BrN3O7/c1-21-27(22-13-9-7-10-14-22)45-32(44)25-26-30(42)38(17-18-40)29(35(26)19-23(36)28(25)46-35)31(43)39(34(5,6)20-33(2,3)4)16-12-8-11-15-24(41)37-21/h7-10,12-14,19,21,25-29,40H,11,15-18,20H2,1-6H3,(H,37,41)/b12-8-/t21-,25+,26-,27+,28+,29+,35-/m0/s1. The molecule has 0 aliphatic carbocycles. The first-order chi connectivity index (χ1) is 21.6. The number of fused-ring (bicyclic) bond motifs is 2. The van der Waals surface area contributed by atoms with Gasteiger partial charge in [0.15, 0.2) is 0 Å². The number of carbonyl (C=O) groups excluding carboxylic acids is 4. The molecule has 0 radical (unpaired) electrons. The molecule has 11 heteroatoms. The summed E-state index contributed by atoms with van der Waals surface area (Å²) in [5.41, 5.74) is -1.51. The summed E-state index contributed by atoms with van der Waals surface area (Å²) in [6.45, 7) is 11.9. The minimum Gasteiger partial charge on any atom is -0.455 e. The number of allylic oxidation sites excluding steroid dienone is 1. The third-order valence-corrected chi connectivity index (χ3v) is 10.1. The molecule has 5 bridgehead atoms.